The molecule has 2 heterocycles. The van der Waals surface area contributed by atoms with Gasteiger partial charge in [0.2, 0.25) is 10.0 Å². The molecule has 1 N–H and O–H groups in total. The van der Waals surface area contributed by atoms with Gasteiger partial charge in [0.15, 0.2) is 0 Å². The second kappa shape index (κ2) is 5.75. The van der Waals surface area contributed by atoms with Crippen LogP contribution < -0.4 is 5.32 Å². The van der Waals surface area contributed by atoms with Gasteiger partial charge in [-0.2, -0.15) is 4.31 Å². The van der Waals surface area contributed by atoms with Gasteiger partial charge in [0, 0.05) is 29.4 Å². The molecule has 6 heteroatoms. The van der Waals surface area contributed by atoms with Crippen molar-refractivity contribution in [2.45, 2.75) is 49.6 Å². The summed E-state index contributed by atoms with van der Waals surface area (Å²) in [5.41, 5.74) is 0. The average Bonchev–Trinajstić information content (AvgIpc) is 3.06. The largest absolute Gasteiger partial charge is 0.315 e. The summed E-state index contributed by atoms with van der Waals surface area (Å²) in [6.07, 6.45) is 5.62. The highest BCUT2D eigenvalue weighted by Gasteiger charge is 2.41. The zero-order valence-electron chi connectivity index (χ0n) is 11.8. The van der Waals surface area contributed by atoms with Gasteiger partial charge in [0.1, 0.15) is 0 Å². The number of hydrogen-bond donors (Lipinski definition) is 1. The van der Waals surface area contributed by atoms with Crippen LogP contribution in [-0.4, -0.2) is 32.4 Å². The van der Waals surface area contributed by atoms with Crippen molar-refractivity contribution in [2.75, 3.05) is 13.6 Å². The highest BCUT2D eigenvalue weighted by atomic mass is 32.2. The van der Waals surface area contributed by atoms with Crippen LogP contribution in [0, 0.1) is 5.92 Å². The van der Waals surface area contributed by atoms with Crippen LogP contribution in [-0.2, 0) is 16.6 Å². The van der Waals surface area contributed by atoms with Gasteiger partial charge < -0.3 is 5.32 Å². The lowest BCUT2D eigenvalue weighted by Crippen LogP contribution is -2.45. The first kappa shape index (κ1) is 14.5. The Labute approximate surface area is 125 Å². The fourth-order valence-electron chi connectivity index (χ4n) is 3.60. The SMILES string of the molecule is CNCc1cc(S(=O)(=O)N2CCCC3CCCC32)cs1. The summed E-state index contributed by atoms with van der Waals surface area (Å²) >= 11 is 1.52. The van der Waals surface area contributed by atoms with Gasteiger partial charge in [-0.15, -0.1) is 11.3 Å². The highest BCUT2D eigenvalue weighted by Crippen LogP contribution is 2.39. The van der Waals surface area contributed by atoms with Crippen molar-refractivity contribution < 1.29 is 8.42 Å². The minimum absolute atomic E-state index is 0.251. The lowest BCUT2D eigenvalue weighted by molar-refractivity contribution is 0.202. The summed E-state index contributed by atoms with van der Waals surface area (Å²) in [5, 5.41) is 4.86. The molecule has 2 atom stereocenters. The van der Waals surface area contributed by atoms with E-state index in [2.05, 4.69) is 5.32 Å². The maximum Gasteiger partial charge on any atom is 0.244 e. The molecule has 0 amide bonds. The zero-order chi connectivity index (χ0) is 14.2. The number of rotatable bonds is 4. The van der Waals surface area contributed by atoms with Crippen molar-refractivity contribution in [3.63, 3.8) is 0 Å². The van der Waals surface area contributed by atoms with E-state index in [4.69, 9.17) is 0 Å². The molecule has 20 heavy (non-hydrogen) atoms. The lowest BCUT2D eigenvalue weighted by Gasteiger charge is -2.36. The number of thiophene rings is 1. The van der Waals surface area contributed by atoms with Gasteiger partial charge in [0.25, 0.3) is 0 Å². The molecular formula is C14H22N2O2S2. The Kier molecular flexibility index (Phi) is 4.17. The van der Waals surface area contributed by atoms with Gasteiger partial charge in [0.05, 0.1) is 4.90 Å². The van der Waals surface area contributed by atoms with Crippen molar-refractivity contribution in [1.82, 2.24) is 9.62 Å². The molecular weight excluding hydrogens is 292 g/mol. The third kappa shape index (κ3) is 2.54. The molecule has 0 spiro atoms. The zero-order valence-corrected chi connectivity index (χ0v) is 13.5. The predicted molar refractivity (Wildman–Crippen MR) is 81.3 cm³/mol. The number of nitrogens with one attached hydrogen (secondary N) is 1. The van der Waals surface area contributed by atoms with Crippen molar-refractivity contribution in [3.8, 4) is 0 Å². The van der Waals surface area contributed by atoms with Crippen molar-refractivity contribution in [1.29, 1.82) is 0 Å². The Balaban J connectivity index is 1.86. The van der Waals surface area contributed by atoms with E-state index in [0.29, 0.717) is 17.4 Å². The topological polar surface area (TPSA) is 49.4 Å². The average molecular weight is 314 g/mol. The van der Waals surface area contributed by atoms with Gasteiger partial charge in [-0.05, 0) is 44.7 Å². The Morgan fingerprint density at radius 1 is 1.35 bits per heavy atom. The van der Waals surface area contributed by atoms with Crippen LogP contribution in [0.2, 0.25) is 0 Å². The van der Waals surface area contributed by atoms with E-state index < -0.39 is 10.0 Å². The van der Waals surface area contributed by atoms with Crippen LogP contribution in [0.3, 0.4) is 0 Å². The van der Waals surface area contributed by atoms with E-state index >= 15 is 0 Å². The first-order chi connectivity index (χ1) is 9.63. The van der Waals surface area contributed by atoms with Crippen molar-refractivity contribution in [2.24, 2.45) is 5.92 Å². The quantitative estimate of drug-likeness (QED) is 0.928. The van der Waals surface area contributed by atoms with Crippen LogP contribution in [0.25, 0.3) is 0 Å². The summed E-state index contributed by atoms with van der Waals surface area (Å²) in [5.74, 6) is 0.592. The fourth-order valence-corrected chi connectivity index (χ4v) is 6.63. The molecule has 0 aromatic carbocycles. The predicted octanol–water partition coefficient (Wildman–Crippen LogP) is 2.42. The van der Waals surface area contributed by atoms with Crippen molar-refractivity contribution >= 4 is 21.4 Å². The second-order valence-corrected chi connectivity index (χ2v) is 8.68. The van der Waals surface area contributed by atoms with Crippen LogP contribution >= 0.6 is 11.3 Å². The van der Waals surface area contributed by atoms with E-state index in [1.807, 2.05) is 13.1 Å². The van der Waals surface area contributed by atoms with E-state index in [1.165, 1.54) is 30.6 Å². The number of nitrogens with zero attached hydrogens (tertiary/aromatic N) is 1. The van der Waals surface area contributed by atoms with Crippen LogP contribution in [0.1, 0.15) is 37.0 Å². The van der Waals surface area contributed by atoms with E-state index in [1.54, 1.807) is 9.69 Å². The summed E-state index contributed by atoms with van der Waals surface area (Å²) in [6, 6.07) is 2.08. The van der Waals surface area contributed by atoms with Gasteiger partial charge >= 0.3 is 0 Å². The molecule has 1 aromatic rings. The highest BCUT2D eigenvalue weighted by molar-refractivity contribution is 7.89. The smallest absolute Gasteiger partial charge is 0.244 e. The molecule has 0 bridgehead atoms. The Bertz CT molecular complexity index is 567. The van der Waals surface area contributed by atoms with Crippen LogP contribution in [0.5, 0.6) is 0 Å². The standard InChI is InChI=1S/C14H22N2O2S2/c1-15-9-12-8-13(10-19-12)20(17,18)16-7-3-5-11-4-2-6-14(11)16/h8,10-11,14-15H,2-7,9H2,1H3. The molecule has 1 aliphatic carbocycles. The lowest BCUT2D eigenvalue weighted by atomic mass is 9.94. The summed E-state index contributed by atoms with van der Waals surface area (Å²) in [6.45, 7) is 1.42. The minimum Gasteiger partial charge on any atom is -0.315 e. The Morgan fingerprint density at radius 3 is 2.95 bits per heavy atom. The van der Waals surface area contributed by atoms with Gasteiger partial charge in [-0.3, -0.25) is 0 Å². The van der Waals surface area contributed by atoms with Gasteiger partial charge in [-0.1, -0.05) is 6.42 Å². The number of fused-ring (bicyclic) bond motifs is 1. The fraction of sp³-hybridized carbons (Fsp3) is 0.714. The maximum atomic E-state index is 12.9. The first-order valence-electron chi connectivity index (χ1n) is 7.37. The molecule has 0 radical (unpaired) electrons. The molecule has 112 valence electrons. The summed E-state index contributed by atoms with van der Waals surface area (Å²) in [4.78, 5) is 1.56. The van der Waals surface area contributed by atoms with Gasteiger partial charge in [-0.25, -0.2) is 8.42 Å². The summed E-state index contributed by atoms with van der Waals surface area (Å²) in [7, 11) is -1.42. The van der Waals surface area contributed by atoms with E-state index in [0.717, 1.165) is 24.3 Å². The third-order valence-electron chi connectivity index (χ3n) is 4.53. The maximum absolute atomic E-state index is 12.9. The Morgan fingerprint density at radius 2 is 2.15 bits per heavy atom. The van der Waals surface area contributed by atoms with Crippen molar-refractivity contribution in [3.05, 3.63) is 16.3 Å². The summed E-state index contributed by atoms with van der Waals surface area (Å²) < 4.78 is 27.5. The molecule has 2 aliphatic rings. The normalized spacial score (nSPS) is 27.6. The van der Waals surface area contributed by atoms with Crippen LogP contribution in [0.15, 0.2) is 16.3 Å². The minimum atomic E-state index is -3.30. The molecule has 1 saturated carbocycles. The monoisotopic (exact) mass is 314 g/mol. The van der Waals surface area contributed by atoms with Crippen LogP contribution in [0.4, 0.5) is 0 Å². The Hall–Kier alpha value is -0.430. The molecule has 1 saturated heterocycles. The second-order valence-electron chi connectivity index (χ2n) is 5.80. The molecule has 2 unspecified atom stereocenters. The molecule has 3 rings (SSSR count). The number of hydrogen-bond acceptors (Lipinski definition) is 4. The molecule has 4 nitrogen and oxygen atoms in total. The molecule has 1 aliphatic heterocycles. The van der Waals surface area contributed by atoms with E-state index in [-0.39, 0.29) is 6.04 Å². The third-order valence-corrected chi connectivity index (χ3v) is 7.52. The van der Waals surface area contributed by atoms with E-state index in [9.17, 15) is 8.42 Å². The first-order valence-corrected chi connectivity index (χ1v) is 9.69. The molecule has 2 fully saturated rings. The number of piperidine rings is 1. The molecule has 1 aromatic heterocycles. The number of sulfonamides is 1.